The van der Waals surface area contributed by atoms with E-state index in [2.05, 4.69) is 35.2 Å². The lowest BCUT2D eigenvalue weighted by Gasteiger charge is -2.16. The molecule has 1 aliphatic heterocycles. The first-order valence-corrected chi connectivity index (χ1v) is 7.09. The average molecular weight is 243 g/mol. The molecule has 2 aliphatic rings. The summed E-state index contributed by atoms with van der Waals surface area (Å²) in [6, 6.07) is 10.7. The zero-order valence-electron chi connectivity index (χ0n) is 10.8. The second-order valence-corrected chi connectivity index (χ2v) is 5.82. The molecule has 3 rings (SSSR count). The maximum Gasteiger partial charge on any atom is 0.132 e. The second-order valence-electron chi connectivity index (χ2n) is 5.82. The summed E-state index contributed by atoms with van der Waals surface area (Å²) in [5, 5.41) is 0. The van der Waals surface area contributed by atoms with E-state index in [0.717, 1.165) is 44.1 Å². The molecule has 2 fully saturated rings. The molecule has 0 bridgehead atoms. The first kappa shape index (κ1) is 11.9. The fraction of sp³-hybridized carbons (Fsp3) is 0.562. The Morgan fingerprint density at radius 1 is 1.00 bits per heavy atom. The molecule has 2 atom stereocenters. The van der Waals surface area contributed by atoms with E-state index in [0.29, 0.717) is 5.78 Å². The van der Waals surface area contributed by atoms with Crippen LogP contribution in [-0.4, -0.2) is 23.8 Å². The van der Waals surface area contributed by atoms with Gasteiger partial charge in [-0.15, -0.1) is 0 Å². The third-order valence-electron chi connectivity index (χ3n) is 4.49. The molecule has 0 spiro atoms. The Bertz CT molecular complexity index is 396. The van der Waals surface area contributed by atoms with Crippen LogP contribution in [0.4, 0.5) is 0 Å². The minimum absolute atomic E-state index is 0.485. The van der Waals surface area contributed by atoms with Crippen molar-refractivity contribution in [2.75, 3.05) is 13.1 Å². The fourth-order valence-electron chi connectivity index (χ4n) is 3.48. The van der Waals surface area contributed by atoms with E-state index < -0.39 is 0 Å². The standard InChI is InChI=1S/C16H21NO/c18-16-8-6-14-11-17(12-15(14)7-9-16)10-13-4-2-1-3-5-13/h1-5,14-15H,6-12H2. The van der Waals surface area contributed by atoms with Crippen LogP contribution in [-0.2, 0) is 11.3 Å². The van der Waals surface area contributed by atoms with Crippen LogP contribution in [0, 0.1) is 11.8 Å². The summed E-state index contributed by atoms with van der Waals surface area (Å²) >= 11 is 0. The lowest BCUT2D eigenvalue weighted by Crippen LogP contribution is -2.20. The zero-order valence-corrected chi connectivity index (χ0v) is 10.8. The second kappa shape index (κ2) is 5.23. The van der Waals surface area contributed by atoms with Gasteiger partial charge in [0.25, 0.3) is 0 Å². The summed E-state index contributed by atoms with van der Waals surface area (Å²) in [5.74, 6) is 2.01. The van der Waals surface area contributed by atoms with Crippen molar-refractivity contribution in [2.24, 2.45) is 11.8 Å². The lowest BCUT2D eigenvalue weighted by atomic mass is 9.92. The quantitative estimate of drug-likeness (QED) is 0.796. The van der Waals surface area contributed by atoms with Crippen molar-refractivity contribution in [1.82, 2.24) is 4.90 Å². The molecule has 1 saturated carbocycles. The van der Waals surface area contributed by atoms with Gasteiger partial charge in [0.2, 0.25) is 0 Å². The van der Waals surface area contributed by atoms with E-state index >= 15 is 0 Å². The van der Waals surface area contributed by atoms with Crippen LogP contribution in [0.15, 0.2) is 30.3 Å². The van der Waals surface area contributed by atoms with E-state index in [1.54, 1.807) is 0 Å². The normalized spacial score (nSPS) is 29.0. The third-order valence-corrected chi connectivity index (χ3v) is 4.49. The fourth-order valence-corrected chi connectivity index (χ4v) is 3.48. The molecule has 0 aromatic heterocycles. The van der Waals surface area contributed by atoms with Crippen molar-refractivity contribution in [3.63, 3.8) is 0 Å². The number of nitrogens with zero attached hydrogens (tertiary/aromatic N) is 1. The molecule has 1 saturated heterocycles. The number of Topliss-reactive ketones (excluding diaryl/α,β-unsaturated/α-hetero) is 1. The Labute approximate surface area is 109 Å². The molecule has 2 nitrogen and oxygen atoms in total. The van der Waals surface area contributed by atoms with E-state index in [-0.39, 0.29) is 0 Å². The molecule has 2 heteroatoms. The highest BCUT2D eigenvalue weighted by Gasteiger charge is 2.34. The molecule has 1 aromatic carbocycles. The first-order chi connectivity index (χ1) is 8.81. The molecule has 2 unspecified atom stereocenters. The molecule has 96 valence electrons. The number of benzene rings is 1. The molecular weight excluding hydrogens is 222 g/mol. The predicted molar refractivity (Wildman–Crippen MR) is 72.2 cm³/mol. The molecule has 18 heavy (non-hydrogen) atoms. The van der Waals surface area contributed by atoms with E-state index in [1.807, 2.05) is 0 Å². The molecule has 0 N–H and O–H groups in total. The van der Waals surface area contributed by atoms with Crippen LogP contribution < -0.4 is 0 Å². The van der Waals surface area contributed by atoms with Gasteiger partial charge in [-0.25, -0.2) is 0 Å². The van der Waals surface area contributed by atoms with E-state index in [1.165, 1.54) is 18.7 Å². The highest BCUT2D eigenvalue weighted by Crippen LogP contribution is 2.34. The van der Waals surface area contributed by atoms with Crippen LogP contribution in [0.5, 0.6) is 0 Å². The average Bonchev–Trinajstić information content (AvgIpc) is 2.69. The van der Waals surface area contributed by atoms with Gasteiger partial charge in [0.05, 0.1) is 0 Å². The van der Waals surface area contributed by atoms with Crippen LogP contribution in [0.3, 0.4) is 0 Å². The minimum Gasteiger partial charge on any atom is -0.300 e. The number of ketones is 1. The monoisotopic (exact) mass is 243 g/mol. The van der Waals surface area contributed by atoms with Gasteiger partial charge in [-0.3, -0.25) is 9.69 Å². The van der Waals surface area contributed by atoms with E-state index in [9.17, 15) is 4.79 Å². The summed E-state index contributed by atoms with van der Waals surface area (Å²) in [6.45, 7) is 3.45. The van der Waals surface area contributed by atoms with Crippen LogP contribution >= 0.6 is 0 Å². The Morgan fingerprint density at radius 2 is 1.61 bits per heavy atom. The predicted octanol–water partition coefficient (Wildman–Crippen LogP) is 2.88. The highest BCUT2D eigenvalue weighted by molar-refractivity contribution is 5.78. The number of fused-ring (bicyclic) bond motifs is 1. The summed E-state index contributed by atoms with van der Waals surface area (Å²) in [6.07, 6.45) is 3.88. The van der Waals surface area contributed by atoms with Gasteiger partial charge in [0, 0.05) is 32.5 Å². The Balaban J connectivity index is 1.60. The van der Waals surface area contributed by atoms with Crippen molar-refractivity contribution in [3.8, 4) is 0 Å². The van der Waals surface area contributed by atoms with E-state index in [4.69, 9.17) is 0 Å². The maximum atomic E-state index is 11.5. The number of carbonyl (C=O) groups excluding carboxylic acids is 1. The summed E-state index contributed by atoms with van der Waals surface area (Å²) in [4.78, 5) is 14.0. The number of rotatable bonds is 2. The van der Waals surface area contributed by atoms with Crippen LogP contribution in [0.2, 0.25) is 0 Å². The molecule has 1 aromatic rings. The van der Waals surface area contributed by atoms with Crippen LogP contribution in [0.1, 0.15) is 31.2 Å². The third kappa shape index (κ3) is 2.64. The Morgan fingerprint density at radius 3 is 2.22 bits per heavy atom. The topological polar surface area (TPSA) is 20.3 Å². The number of likely N-dealkylation sites (tertiary alicyclic amines) is 1. The minimum atomic E-state index is 0.485. The Hall–Kier alpha value is -1.15. The van der Waals surface area contributed by atoms with Gasteiger partial charge in [0.1, 0.15) is 5.78 Å². The molecular formula is C16H21NO. The highest BCUT2D eigenvalue weighted by atomic mass is 16.1. The summed E-state index contributed by atoms with van der Waals surface area (Å²) in [7, 11) is 0. The molecule has 0 amide bonds. The molecule has 0 radical (unpaired) electrons. The molecule has 1 aliphatic carbocycles. The molecule has 1 heterocycles. The largest absolute Gasteiger partial charge is 0.300 e. The zero-order chi connectivity index (χ0) is 12.4. The van der Waals surface area contributed by atoms with Gasteiger partial charge in [-0.05, 0) is 30.2 Å². The van der Waals surface area contributed by atoms with Gasteiger partial charge in [-0.1, -0.05) is 30.3 Å². The van der Waals surface area contributed by atoms with Crippen molar-refractivity contribution in [2.45, 2.75) is 32.2 Å². The number of hydrogen-bond donors (Lipinski definition) is 0. The van der Waals surface area contributed by atoms with Crippen molar-refractivity contribution < 1.29 is 4.79 Å². The number of carbonyl (C=O) groups is 1. The number of hydrogen-bond acceptors (Lipinski definition) is 2. The van der Waals surface area contributed by atoms with Crippen molar-refractivity contribution >= 4 is 5.78 Å². The van der Waals surface area contributed by atoms with Crippen molar-refractivity contribution in [1.29, 1.82) is 0 Å². The Kier molecular flexibility index (Phi) is 3.46. The lowest BCUT2D eigenvalue weighted by molar-refractivity contribution is -0.119. The van der Waals surface area contributed by atoms with Crippen LogP contribution in [0.25, 0.3) is 0 Å². The van der Waals surface area contributed by atoms with Gasteiger partial charge in [-0.2, -0.15) is 0 Å². The van der Waals surface area contributed by atoms with Gasteiger partial charge in [0.15, 0.2) is 0 Å². The van der Waals surface area contributed by atoms with Gasteiger partial charge >= 0.3 is 0 Å². The maximum absolute atomic E-state index is 11.5. The first-order valence-electron chi connectivity index (χ1n) is 7.09. The SMILES string of the molecule is O=C1CCC2CN(Cc3ccccc3)CC2CC1. The summed E-state index contributed by atoms with van der Waals surface area (Å²) < 4.78 is 0. The van der Waals surface area contributed by atoms with Gasteiger partial charge < -0.3 is 0 Å². The van der Waals surface area contributed by atoms with Crippen molar-refractivity contribution in [3.05, 3.63) is 35.9 Å². The summed E-state index contributed by atoms with van der Waals surface area (Å²) in [5.41, 5.74) is 1.41. The smallest absolute Gasteiger partial charge is 0.132 e.